The molecule has 1 unspecified atom stereocenters. The van der Waals surface area contributed by atoms with Gasteiger partial charge in [0.25, 0.3) is 0 Å². The number of carbonyl (C=O) groups excluding carboxylic acids is 3. The third-order valence-electron chi connectivity index (χ3n) is 5.99. The highest BCUT2D eigenvalue weighted by molar-refractivity contribution is 7.13. The summed E-state index contributed by atoms with van der Waals surface area (Å²) >= 11 is 1.50. The summed E-state index contributed by atoms with van der Waals surface area (Å²) in [5.74, 6) is -2.00. The quantitative estimate of drug-likeness (QED) is 0.390. The van der Waals surface area contributed by atoms with Crippen molar-refractivity contribution in [3.05, 3.63) is 46.7 Å². The highest BCUT2D eigenvalue weighted by Crippen LogP contribution is 2.31. The number of rotatable bonds is 8. The van der Waals surface area contributed by atoms with Gasteiger partial charge in [-0.25, -0.2) is 4.98 Å². The number of carbonyl (C=O) groups is 3. The first-order valence-electron chi connectivity index (χ1n) is 11.4. The molecule has 0 aliphatic carbocycles. The Morgan fingerprint density at radius 3 is 2.68 bits per heavy atom. The summed E-state index contributed by atoms with van der Waals surface area (Å²) < 4.78 is 0. The van der Waals surface area contributed by atoms with Crippen LogP contribution in [0.3, 0.4) is 0 Å². The van der Waals surface area contributed by atoms with Crippen molar-refractivity contribution in [3.63, 3.8) is 0 Å². The lowest BCUT2D eigenvalue weighted by atomic mass is 9.89. The summed E-state index contributed by atoms with van der Waals surface area (Å²) in [6.07, 6.45) is 2.49. The minimum atomic E-state index is -0.876. The van der Waals surface area contributed by atoms with Gasteiger partial charge in [-0.2, -0.15) is 0 Å². The van der Waals surface area contributed by atoms with E-state index in [2.05, 4.69) is 10.3 Å². The molecule has 1 fully saturated rings. The molecule has 0 saturated carbocycles. The van der Waals surface area contributed by atoms with E-state index in [4.69, 9.17) is 5.73 Å². The third kappa shape index (κ3) is 5.64. The van der Waals surface area contributed by atoms with Crippen LogP contribution in [0.1, 0.15) is 44.9 Å². The van der Waals surface area contributed by atoms with Crippen LogP contribution in [-0.2, 0) is 20.9 Å². The van der Waals surface area contributed by atoms with Crippen LogP contribution in [-0.4, -0.2) is 45.2 Å². The summed E-state index contributed by atoms with van der Waals surface area (Å²) in [4.78, 5) is 45.6. The summed E-state index contributed by atoms with van der Waals surface area (Å²) in [5, 5.41) is 13.3. The van der Waals surface area contributed by atoms with E-state index >= 15 is 0 Å². The van der Waals surface area contributed by atoms with E-state index in [1.807, 2.05) is 26.8 Å². The summed E-state index contributed by atoms with van der Waals surface area (Å²) in [6.45, 7) is 7.69. The fourth-order valence-electron chi connectivity index (χ4n) is 4.26. The lowest BCUT2D eigenvalue weighted by Gasteiger charge is -2.29. The number of allylic oxidation sites excluding steroid dienone is 2. The number of hydrogen-bond donors (Lipinski definition) is 3. The Balaban J connectivity index is 1.68. The van der Waals surface area contributed by atoms with Gasteiger partial charge in [-0.1, -0.05) is 26.0 Å². The number of aromatic nitrogens is 1. The highest BCUT2D eigenvalue weighted by Gasteiger charge is 2.40. The van der Waals surface area contributed by atoms with Gasteiger partial charge in [0.05, 0.1) is 16.1 Å². The molecular formula is C25H32N4O4S. The molecule has 9 heteroatoms. The number of thiazole rings is 1. The molecule has 1 aromatic heterocycles. The predicted molar refractivity (Wildman–Crippen MR) is 132 cm³/mol. The first kappa shape index (κ1) is 25.4. The number of likely N-dealkylation sites (tertiary alicyclic amines) is 1. The number of phenolic OH excluding ortho intramolecular Hbond substituents is 1. The van der Waals surface area contributed by atoms with Crippen molar-refractivity contribution < 1.29 is 19.5 Å². The first-order valence-corrected chi connectivity index (χ1v) is 12.3. The number of phenols is 1. The Hall–Kier alpha value is -3.20. The molecule has 2 aromatic rings. The van der Waals surface area contributed by atoms with Crippen LogP contribution in [0.2, 0.25) is 0 Å². The maximum absolute atomic E-state index is 13.2. The van der Waals surface area contributed by atoms with Gasteiger partial charge in [0.1, 0.15) is 17.7 Å². The number of nitrogens with two attached hydrogens (primary N) is 1. The SMILES string of the molecule is CC(N)=CC(=O)C(C(=O)N1CCC[C@H]1C(=O)NCc1ccc(-c2scnc2C)cc1O)C(C)C. The van der Waals surface area contributed by atoms with Crippen molar-refractivity contribution in [2.24, 2.45) is 17.6 Å². The van der Waals surface area contributed by atoms with Crippen LogP contribution < -0.4 is 11.1 Å². The molecule has 2 atom stereocenters. The lowest BCUT2D eigenvalue weighted by molar-refractivity contribution is -0.146. The number of aryl methyl sites for hydroxylation is 1. The third-order valence-corrected chi connectivity index (χ3v) is 6.97. The largest absolute Gasteiger partial charge is 0.508 e. The molecule has 182 valence electrons. The van der Waals surface area contributed by atoms with Gasteiger partial charge in [0.2, 0.25) is 11.8 Å². The maximum Gasteiger partial charge on any atom is 0.243 e. The zero-order valence-electron chi connectivity index (χ0n) is 20.0. The Bertz CT molecular complexity index is 1100. The standard InChI is InChI=1S/C25H32N4O4S/c1-14(2)22(21(31)10-15(3)26)25(33)29-9-5-6-19(29)24(32)27-12-18-8-7-17(11-20(18)30)23-16(4)28-13-34-23/h7-8,10-11,13-14,19,22,30H,5-6,9,12,26H2,1-4H3,(H,27,32)/t19-,22?/m0/s1. The number of amides is 2. The molecule has 1 aliphatic rings. The average Bonchev–Trinajstić information content (AvgIpc) is 3.41. The molecule has 4 N–H and O–H groups in total. The van der Waals surface area contributed by atoms with Crippen LogP contribution in [0, 0.1) is 18.8 Å². The Kier molecular flexibility index (Phi) is 8.09. The summed E-state index contributed by atoms with van der Waals surface area (Å²) in [5.41, 5.74) is 10.1. The molecule has 0 radical (unpaired) electrons. The van der Waals surface area contributed by atoms with E-state index in [9.17, 15) is 19.5 Å². The van der Waals surface area contributed by atoms with Gasteiger partial charge in [0.15, 0.2) is 5.78 Å². The molecule has 0 spiro atoms. The van der Waals surface area contributed by atoms with Gasteiger partial charge in [-0.05, 0) is 44.2 Å². The summed E-state index contributed by atoms with van der Waals surface area (Å²) in [6, 6.07) is 4.68. The van der Waals surface area contributed by atoms with Crippen molar-refractivity contribution in [3.8, 4) is 16.2 Å². The number of benzene rings is 1. The Morgan fingerprint density at radius 2 is 2.09 bits per heavy atom. The molecule has 0 bridgehead atoms. The number of aromatic hydroxyl groups is 1. The molecular weight excluding hydrogens is 452 g/mol. The van der Waals surface area contributed by atoms with Gasteiger partial charge < -0.3 is 21.1 Å². The van der Waals surface area contributed by atoms with E-state index in [-0.39, 0.29) is 35.8 Å². The number of nitrogens with zero attached hydrogens (tertiary/aromatic N) is 2. The maximum atomic E-state index is 13.2. The molecule has 2 heterocycles. The van der Waals surface area contributed by atoms with Crippen LogP contribution in [0.25, 0.3) is 10.4 Å². The van der Waals surface area contributed by atoms with Gasteiger partial charge in [0, 0.05) is 30.4 Å². The van der Waals surface area contributed by atoms with E-state index in [0.717, 1.165) is 16.1 Å². The Morgan fingerprint density at radius 1 is 1.35 bits per heavy atom. The van der Waals surface area contributed by atoms with Crippen molar-refractivity contribution >= 4 is 28.9 Å². The van der Waals surface area contributed by atoms with E-state index in [0.29, 0.717) is 30.6 Å². The second kappa shape index (κ2) is 10.8. The molecule has 3 rings (SSSR count). The van der Waals surface area contributed by atoms with E-state index in [1.165, 1.54) is 22.3 Å². The van der Waals surface area contributed by atoms with Crippen LogP contribution in [0.15, 0.2) is 35.5 Å². The van der Waals surface area contributed by atoms with Crippen molar-refractivity contribution in [1.29, 1.82) is 0 Å². The fourth-order valence-corrected chi connectivity index (χ4v) is 5.07. The van der Waals surface area contributed by atoms with Crippen LogP contribution in [0.4, 0.5) is 0 Å². The smallest absolute Gasteiger partial charge is 0.243 e. The van der Waals surface area contributed by atoms with Crippen molar-refractivity contribution in [1.82, 2.24) is 15.2 Å². The zero-order valence-corrected chi connectivity index (χ0v) is 20.8. The van der Waals surface area contributed by atoms with E-state index in [1.54, 1.807) is 24.6 Å². The monoisotopic (exact) mass is 484 g/mol. The zero-order chi connectivity index (χ0) is 25.0. The topological polar surface area (TPSA) is 126 Å². The molecule has 1 aliphatic heterocycles. The second-order valence-electron chi connectivity index (χ2n) is 9.03. The molecule has 1 saturated heterocycles. The minimum absolute atomic E-state index is 0.0827. The molecule has 34 heavy (non-hydrogen) atoms. The van der Waals surface area contributed by atoms with Crippen LogP contribution in [0.5, 0.6) is 5.75 Å². The van der Waals surface area contributed by atoms with Gasteiger partial charge >= 0.3 is 0 Å². The van der Waals surface area contributed by atoms with Crippen molar-refractivity contribution in [2.75, 3.05) is 6.54 Å². The lowest BCUT2D eigenvalue weighted by Crippen LogP contribution is -2.49. The second-order valence-corrected chi connectivity index (χ2v) is 9.89. The first-order chi connectivity index (χ1) is 16.1. The molecule has 1 aromatic carbocycles. The minimum Gasteiger partial charge on any atom is -0.508 e. The van der Waals surface area contributed by atoms with Gasteiger partial charge in [-0.3, -0.25) is 14.4 Å². The summed E-state index contributed by atoms with van der Waals surface area (Å²) in [7, 11) is 0. The normalized spacial score (nSPS) is 17.1. The van der Waals surface area contributed by atoms with Gasteiger partial charge in [-0.15, -0.1) is 11.3 Å². The molecule has 2 amide bonds. The fraction of sp³-hybridized carbons (Fsp3) is 0.440. The number of ketones is 1. The molecule has 8 nitrogen and oxygen atoms in total. The Labute approximate surface area is 203 Å². The number of hydrogen-bond acceptors (Lipinski definition) is 7. The number of nitrogens with one attached hydrogen (secondary N) is 1. The predicted octanol–water partition coefficient (Wildman–Crippen LogP) is 3.14. The van der Waals surface area contributed by atoms with Crippen molar-refractivity contribution in [2.45, 2.75) is 53.1 Å². The van der Waals surface area contributed by atoms with Crippen LogP contribution >= 0.6 is 11.3 Å². The van der Waals surface area contributed by atoms with E-state index < -0.39 is 12.0 Å². The highest BCUT2D eigenvalue weighted by atomic mass is 32.1. The average molecular weight is 485 g/mol.